The fourth-order valence-corrected chi connectivity index (χ4v) is 7.73. The van der Waals surface area contributed by atoms with Crippen molar-refractivity contribution in [2.75, 3.05) is 18.6 Å². The molecule has 0 spiro atoms. The van der Waals surface area contributed by atoms with Gasteiger partial charge in [-0.05, 0) is 74.8 Å². The molecule has 0 aliphatic heterocycles. The molecule has 1 aromatic heterocycles. The molecule has 0 saturated carbocycles. The number of nitrogens with one attached hydrogen (secondary N) is 9. The Morgan fingerprint density at radius 3 is 1.44 bits per heavy atom. The fourth-order valence-electron chi connectivity index (χ4n) is 7.26. The Labute approximate surface area is 438 Å². The van der Waals surface area contributed by atoms with Gasteiger partial charge in [-0.2, -0.15) is 11.8 Å². The summed E-state index contributed by atoms with van der Waals surface area (Å²) >= 11 is 1.27. The lowest BCUT2D eigenvalue weighted by Gasteiger charge is -2.29. The predicted molar refractivity (Wildman–Crippen MR) is 271 cm³/mol. The highest BCUT2D eigenvalue weighted by atomic mass is 32.2. The van der Waals surface area contributed by atoms with E-state index in [1.807, 2.05) is 0 Å². The van der Waals surface area contributed by atoms with Crippen molar-refractivity contribution in [3.8, 4) is 0 Å². The van der Waals surface area contributed by atoms with Crippen molar-refractivity contribution in [3.63, 3.8) is 0 Å². The van der Waals surface area contributed by atoms with Crippen LogP contribution in [-0.4, -0.2) is 169 Å². The number of aliphatic carboxylic acids is 3. The average Bonchev–Trinajstić information content (AvgIpc) is 3.82. The minimum Gasteiger partial charge on any atom is -0.481 e. The summed E-state index contributed by atoms with van der Waals surface area (Å²) in [6.45, 7) is 10.2. The number of aromatic nitrogens is 2. The van der Waals surface area contributed by atoms with Crippen molar-refractivity contribution in [1.29, 1.82) is 0 Å². The van der Waals surface area contributed by atoms with E-state index < -0.39 is 151 Å². The number of carboxylic acids is 3. The Morgan fingerprint density at radius 2 is 1.00 bits per heavy atom. The summed E-state index contributed by atoms with van der Waals surface area (Å²) in [6.07, 6.45) is 2.16. The second-order valence-corrected chi connectivity index (χ2v) is 20.1. The smallest absolute Gasteiger partial charge is 0.326 e. The lowest BCUT2D eigenvalue weighted by molar-refractivity contribution is -0.144. The van der Waals surface area contributed by atoms with Gasteiger partial charge in [-0.1, -0.05) is 41.5 Å². The number of carbonyl (C=O) groups is 12. The Morgan fingerprint density at radius 1 is 0.573 bits per heavy atom. The number of nitrogens with zero attached hydrogens (tertiary/aromatic N) is 1. The third-order valence-electron chi connectivity index (χ3n) is 11.1. The number of hydrogen-bond acceptors (Lipinski definition) is 16. The quantitative estimate of drug-likeness (QED) is 0.0290. The monoisotopic (exact) mass is 1080 g/mol. The van der Waals surface area contributed by atoms with Crippen molar-refractivity contribution in [2.24, 2.45) is 35.0 Å². The van der Waals surface area contributed by atoms with E-state index in [0.717, 1.165) is 0 Å². The Hall–Kier alpha value is -6.88. The number of thioether (sulfide) groups is 1. The maximum Gasteiger partial charge on any atom is 0.326 e. The Kier molecular flexibility index (Phi) is 29.8. The largest absolute Gasteiger partial charge is 0.481 e. The lowest BCUT2D eigenvalue weighted by Crippen LogP contribution is -2.61. The number of nitrogens with two attached hydrogens (primary N) is 3. The molecule has 0 aromatic carbocycles. The number of carboxylic acid groups (broad SMARTS) is 3. The molecule has 0 bridgehead atoms. The second-order valence-electron chi connectivity index (χ2n) is 19.1. The van der Waals surface area contributed by atoms with Crippen molar-refractivity contribution in [3.05, 3.63) is 18.2 Å². The van der Waals surface area contributed by atoms with E-state index in [0.29, 0.717) is 12.1 Å². The number of carbonyl (C=O) groups excluding carboxylic acids is 9. The van der Waals surface area contributed by atoms with E-state index in [4.69, 9.17) is 17.2 Å². The highest BCUT2D eigenvalue weighted by molar-refractivity contribution is 7.98. The summed E-state index contributed by atoms with van der Waals surface area (Å²) in [5.41, 5.74) is 17.6. The molecular weight excluding hydrogens is 1010 g/mol. The van der Waals surface area contributed by atoms with Gasteiger partial charge in [-0.15, -0.1) is 0 Å². The molecule has 1 heterocycles. The van der Waals surface area contributed by atoms with Crippen LogP contribution in [0.25, 0.3) is 0 Å². The highest BCUT2D eigenvalue weighted by Crippen LogP contribution is 2.13. The van der Waals surface area contributed by atoms with Crippen LogP contribution < -0.4 is 59.7 Å². The van der Waals surface area contributed by atoms with Crippen LogP contribution in [0.2, 0.25) is 0 Å². The van der Waals surface area contributed by atoms with Crippen molar-refractivity contribution < 1.29 is 72.9 Å². The zero-order valence-electron chi connectivity index (χ0n) is 43.4. The molecule has 9 atom stereocenters. The third kappa shape index (κ3) is 25.8. The number of primary amides is 1. The number of amides is 9. The first-order valence-electron chi connectivity index (χ1n) is 24.4. The van der Waals surface area contributed by atoms with E-state index in [1.165, 1.54) is 24.3 Å². The first-order chi connectivity index (χ1) is 35.1. The molecule has 0 radical (unpaired) electrons. The summed E-state index contributed by atoms with van der Waals surface area (Å²) < 4.78 is 0. The molecule has 28 nitrogen and oxygen atoms in total. The maximum atomic E-state index is 14.1. The van der Waals surface area contributed by atoms with Crippen LogP contribution >= 0.6 is 11.8 Å². The maximum absolute atomic E-state index is 14.1. The van der Waals surface area contributed by atoms with Gasteiger partial charge in [-0.25, -0.2) is 9.78 Å². The topological polar surface area (TPSA) is 469 Å². The molecule has 9 amide bonds. The first-order valence-corrected chi connectivity index (χ1v) is 25.8. The third-order valence-corrected chi connectivity index (χ3v) is 11.8. The highest BCUT2D eigenvalue weighted by Gasteiger charge is 2.37. The van der Waals surface area contributed by atoms with Crippen molar-refractivity contribution in [2.45, 2.75) is 160 Å². The molecule has 0 saturated heterocycles. The summed E-state index contributed by atoms with van der Waals surface area (Å²) in [4.78, 5) is 164. The van der Waals surface area contributed by atoms with Gasteiger partial charge in [0.05, 0.1) is 31.6 Å². The van der Waals surface area contributed by atoms with Gasteiger partial charge in [0.15, 0.2) is 0 Å². The van der Waals surface area contributed by atoms with Crippen molar-refractivity contribution in [1.82, 2.24) is 52.5 Å². The number of aromatic amines is 1. The van der Waals surface area contributed by atoms with Crippen LogP contribution in [0, 0.1) is 17.8 Å². The normalized spacial score (nSPS) is 14.8. The van der Waals surface area contributed by atoms with Crippen LogP contribution in [0.4, 0.5) is 0 Å². The van der Waals surface area contributed by atoms with Gasteiger partial charge in [-0.3, -0.25) is 52.7 Å². The zero-order valence-corrected chi connectivity index (χ0v) is 44.2. The van der Waals surface area contributed by atoms with E-state index >= 15 is 0 Å². The minimum absolute atomic E-state index is 0.000480. The molecule has 0 aliphatic carbocycles. The SMILES string of the molecule is CSCC[C@H](NC(=O)[C@H](CC(=O)O)NC(=O)[C@@H](N)Cc1cnc[nH]1)C(=O)N[C@@H](CC(N)=O)C(=O)N[C@@H](CCCCN)C(=O)N[C@H](C(=O)N[C@@H](CC(C)C)C(=O)N[C@@H](CC(=O)O)C(=O)N[C@@H](CC(C)C)C(=O)O)C(C)C. The minimum atomic E-state index is -1.76. The van der Waals surface area contributed by atoms with Gasteiger partial charge in [0.25, 0.3) is 0 Å². The van der Waals surface area contributed by atoms with Crippen LogP contribution in [0.5, 0.6) is 0 Å². The van der Waals surface area contributed by atoms with Gasteiger partial charge < -0.3 is 80.0 Å². The van der Waals surface area contributed by atoms with Crippen molar-refractivity contribution >= 4 is 82.8 Å². The van der Waals surface area contributed by atoms with E-state index in [2.05, 4.69) is 52.5 Å². The summed E-state index contributed by atoms with van der Waals surface area (Å²) in [7, 11) is 0. The van der Waals surface area contributed by atoms with Crippen LogP contribution in [0.1, 0.15) is 105 Å². The molecule has 422 valence electrons. The standard InChI is InChI=1S/C46H77N13O15S/c1-22(2)14-29(41(68)56-32(19-36(63)64)44(71)58-33(46(73)74)15-23(3)4)57-45(72)37(24(5)6)59-40(67)27(10-8-9-12-47)52-42(69)30(17-34(49)60)55-39(66)28(11-13-75-7)53-43(70)31(18-35(61)62)54-38(65)26(48)16-25-20-50-21-51-25/h20-24,26-33,37H,8-19,47-48H2,1-7H3,(H2,49,60)(H,50,51)(H,52,69)(H,53,70)(H,54,65)(H,55,66)(H,56,68)(H,57,72)(H,58,71)(H,59,67)(H,61,62)(H,63,64)(H,73,74)/t26-,27-,28-,29-,30-,31-,32-,33-,37-/m0/s1. The van der Waals surface area contributed by atoms with E-state index in [9.17, 15) is 72.9 Å². The summed E-state index contributed by atoms with van der Waals surface area (Å²) in [6, 6.07) is -13.6. The summed E-state index contributed by atoms with van der Waals surface area (Å²) in [5.74, 6) is -14.3. The van der Waals surface area contributed by atoms with Crippen LogP contribution in [-0.2, 0) is 64.0 Å². The molecule has 0 fully saturated rings. The molecule has 29 heteroatoms. The molecule has 0 unspecified atom stereocenters. The van der Waals surface area contributed by atoms with Gasteiger partial charge >= 0.3 is 17.9 Å². The van der Waals surface area contributed by atoms with Gasteiger partial charge in [0, 0.05) is 18.3 Å². The molecule has 75 heavy (non-hydrogen) atoms. The summed E-state index contributed by atoms with van der Waals surface area (Å²) in [5, 5.41) is 48.0. The molecule has 1 aromatic rings. The van der Waals surface area contributed by atoms with Gasteiger partial charge in [0.2, 0.25) is 53.2 Å². The Balaban J connectivity index is 3.43. The van der Waals surface area contributed by atoms with E-state index in [1.54, 1.807) is 47.8 Å². The van der Waals surface area contributed by atoms with E-state index in [-0.39, 0.29) is 62.7 Å². The number of imidazole rings is 1. The number of unbranched alkanes of at least 4 members (excludes halogenated alkanes) is 1. The molecule has 0 aliphatic rings. The number of H-pyrrole nitrogens is 1. The Bertz CT molecular complexity index is 2110. The predicted octanol–water partition coefficient (Wildman–Crippen LogP) is -3.30. The number of rotatable bonds is 37. The molecule has 1 rings (SSSR count). The van der Waals surface area contributed by atoms with Crippen LogP contribution in [0.15, 0.2) is 12.5 Å². The fraction of sp³-hybridized carbons (Fsp3) is 0.674. The molecular formula is C46H77N13O15S. The van der Waals surface area contributed by atoms with Gasteiger partial charge in [0.1, 0.15) is 48.3 Å². The molecule has 18 N–H and O–H groups in total. The second kappa shape index (κ2) is 33.8. The number of hydrogen-bond donors (Lipinski definition) is 15. The first kappa shape index (κ1) is 66.1. The lowest BCUT2D eigenvalue weighted by atomic mass is 9.98. The average molecular weight is 1080 g/mol. The van der Waals surface area contributed by atoms with Crippen LogP contribution in [0.3, 0.4) is 0 Å². The zero-order chi connectivity index (χ0) is 57.1.